The summed E-state index contributed by atoms with van der Waals surface area (Å²) >= 11 is 0. The van der Waals surface area contributed by atoms with Crippen LogP contribution in [0.2, 0.25) is 0 Å². The summed E-state index contributed by atoms with van der Waals surface area (Å²) in [4.78, 5) is 0. The fraction of sp³-hybridized carbons (Fsp3) is 0.647. The Hall–Kier alpha value is -1.13. The Kier molecular flexibility index (Phi) is 5.22. The first kappa shape index (κ1) is 16.2. The van der Waals surface area contributed by atoms with Gasteiger partial charge in [-0.25, -0.2) is 4.39 Å². The van der Waals surface area contributed by atoms with Crippen LogP contribution in [0, 0.1) is 5.82 Å². The van der Waals surface area contributed by atoms with Gasteiger partial charge < -0.3 is 14.8 Å². The van der Waals surface area contributed by atoms with Crippen LogP contribution >= 0.6 is 0 Å². The van der Waals surface area contributed by atoms with Crippen molar-refractivity contribution >= 4 is 0 Å². The van der Waals surface area contributed by atoms with Crippen LogP contribution in [0.3, 0.4) is 0 Å². The van der Waals surface area contributed by atoms with Gasteiger partial charge in [0, 0.05) is 17.7 Å². The summed E-state index contributed by atoms with van der Waals surface area (Å²) in [5.41, 5.74) is 0.604. The Morgan fingerprint density at radius 1 is 1.48 bits per heavy atom. The molecule has 0 spiro atoms. The lowest BCUT2D eigenvalue weighted by Crippen LogP contribution is -2.24. The van der Waals surface area contributed by atoms with E-state index in [1.807, 2.05) is 19.9 Å². The summed E-state index contributed by atoms with van der Waals surface area (Å²) < 4.78 is 25.6. The maximum Gasteiger partial charge on any atom is 0.131 e. The molecule has 3 nitrogen and oxygen atoms in total. The Balaban J connectivity index is 1.91. The molecule has 0 aliphatic carbocycles. The van der Waals surface area contributed by atoms with E-state index in [2.05, 4.69) is 19.2 Å². The van der Waals surface area contributed by atoms with Crippen LogP contribution in [0.1, 0.15) is 52.1 Å². The molecule has 1 aromatic carbocycles. The van der Waals surface area contributed by atoms with Gasteiger partial charge in [-0.3, -0.25) is 0 Å². The van der Waals surface area contributed by atoms with E-state index < -0.39 is 0 Å². The molecule has 4 heteroatoms. The van der Waals surface area contributed by atoms with Crippen molar-refractivity contribution in [2.75, 3.05) is 13.2 Å². The standard InChI is InChI=1S/C17H26FNO2/c1-5-19-12(2)15-7-6-13(10-16(15)18)20-11-14-8-9-17(3,4)21-14/h6-7,10,12,14,19H,5,8-9,11H2,1-4H3. The highest BCUT2D eigenvalue weighted by atomic mass is 19.1. The minimum Gasteiger partial charge on any atom is -0.491 e. The van der Waals surface area contributed by atoms with Crippen LogP contribution in [-0.2, 0) is 4.74 Å². The summed E-state index contributed by atoms with van der Waals surface area (Å²) in [7, 11) is 0. The molecule has 1 heterocycles. The lowest BCUT2D eigenvalue weighted by atomic mass is 10.1. The van der Waals surface area contributed by atoms with Crippen molar-refractivity contribution in [1.82, 2.24) is 5.32 Å². The zero-order chi connectivity index (χ0) is 15.5. The third-order valence-corrected chi connectivity index (χ3v) is 3.94. The number of hydrogen-bond acceptors (Lipinski definition) is 3. The van der Waals surface area contributed by atoms with Gasteiger partial charge >= 0.3 is 0 Å². The highest BCUT2D eigenvalue weighted by Gasteiger charge is 2.31. The molecule has 2 unspecified atom stereocenters. The first-order valence-electron chi connectivity index (χ1n) is 7.75. The largest absolute Gasteiger partial charge is 0.491 e. The van der Waals surface area contributed by atoms with Crippen LogP contribution < -0.4 is 10.1 Å². The van der Waals surface area contributed by atoms with E-state index >= 15 is 0 Å². The molecule has 0 saturated carbocycles. The Labute approximate surface area is 126 Å². The summed E-state index contributed by atoms with van der Waals surface area (Å²) in [5.74, 6) is 0.335. The maximum absolute atomic E-state index is 14.1. The van der Waals surface area contributed by atoms with Crippen molar-refractivity contribution in [1.29, 1.82) is 0 Å². The van der Waals surface area contributed by atoms with Crippen molar-refractivity contribution in [3.63, 3.8) is 0 Å². The fourth-order valence-corrected chi connectivity index (χ4v) is 2.75. The topological polar surface area (TPSA) is 30.5 Å². The van der Waals surface area contributed by atoms with Crippen molar-refractivity contribution in [2.45, 2.75) is 58.3 Å². The van der Waals surface area contributed by atoms with Gasteiger partial charge in [-0.2, -0.15) is 0 Å². The van der Waals surface area contributed by atoms with E-state index in [0.717, 1.165) is 19.4 Å². The SMILES string of the molecule is CCNC(C)c1ccc(OCC2CCC(C)(C)O2)cc1F. The Bertz CT molecular complexity index is 476. The quantitative estimate of drug-likeness (QED) is 0.865. The molecule has 118 valence electrons. The van der Waals surface area contributed by atoms with Crippen molar-refractivity contribution in [3.05, 3.63) is 29.6 Å². The molecular formula is C17H26FNO2. The number of rotatable bonds is 6. The monoisotopic (exact) mass is 295 g/mol. The molecule has 1 aliphatic heterocycles. The summed E-state index contributed by atoms with van der Waals surface area (Å²) in [6.45, 7) is 9.43. The third-order valence-electron chi connectivity index (χ3n) is 3.94. The lowest BCUT2D eigenvalue weighted by molar-refractivity contribution is -0.0326. The molecule has 21 heavy (non-hydrogen) atoms. The van der Waals surface area contributed by atoms with E-state index in [-0.39, 0.29) is 23.6 Å². The molecule has 1 saturated heterocycles. The van der Waals surface area contributed by atoms with E-state index in [1.165, 1.54) is 6.07 Å². The van der Waals surface area contributed by atoms with Crippen molar-refractivity contribution < 1.29 is 13.9 Å². The average molecular weight is 295 g/mol. The van der Waals surface area contributed by atoms with Gasteiger partial charge in [-0.1, -0.05) is 13.0 Å². The molecule has 1 fully saturated rings. The fourth-order valence-electron chi connectivity index (χ4n) is 2.75. The van der Waals surface area contributed by atoms with Crippen LogP contribution in [-0.4, -0.2) is 24.9 Å². The van der Waals surface area contributed by atoms with Crippen molar-refractivity contribution in [2.24, 2.45) is 0 Å². The van der Waals surface area contributed by atoms with Gasteiger partial charge in [-0.15, -0.1) is 0 Å². The second-order valence-electron chi connectivity index (χ2n) is 6.31. The van der Waals surface area contributed by atoms with Gasteiger partial charge in [0.2, 0.25) is 0 Å². The first-order valence-corrected chi connectivity index (χ1v) is 7.75. The van der Waals surface area contributed by atoms with E-state index in [0.29, 0.717) is 17.9 Å². The minimum absolute atomic E-state index is 0.00279. The number of halogens is 1. The lowest BCUT2D eigenvalue weighted by Gasteiger charge is -2.20. The average Bonchev–Trinajstić information content (AvgIpc) is 2.76. The second kappa shape index (κ2) is 6.75. The number of hydrogen-bond donors (Lipinski definition) is 1. The summed E-state index contributed by atoms with van der Waals surface area (Å²) in [6.07, 6.45) is 2.13. The van der Waals surface area contributed by atoms with Crippen molar-refractivity contribution in [3.8, 4) is 5.75 Å². The second-order valence-corrected chi connectivity index (χ2v) is 6.31. The minimum atomic E-state index is -0.228. The summed E-state index contributed by atoms with van der Waals surface area (Å²) in [5, 5.41) is 3.21. The van der Waals surface area contributed by atoms with Crippen LogP contribution in [0.25, 0.3) is 0 Å². The molecule has 0 bridgehead atoms. The van der Waals surface area contributed by atoms with E-state index in [1.54, 1.807) is 6.07 Å². The Morgan fingerprint density at radius 2 is 2.24 bits per heavy atom. The van der Waals surface area contributed by atoms with Gasteiger partial charge in [-0.05, 0) is 46.2 Å². The maximum atomic E-state index is 14.1. The third kappa shape index (κ3) is 4.42. The molecule has 0 amide bonds. The highest BCUT2D eigenvalue weighted by Crippen LogP contribution is 2.30. The van der Waals surface area contributed by atoms with Crippen LogP contribution in [0.5, 0.6) is 5.75 Å². The molecule has 0 radical (unpaired) electrons. The molecule has 0 aromatic heterocycles. The van der Waals surface area contributed by atoms with Gasteiger partial charge in [0.15, 0.2) is 0 Å². The molecular weight excluding hydrogens is 269 g/mol. The van der Waals surface area contributed by atoms with E-state index in [9.17, 15) is 4.39 Å². The Morgan fingerprint density at radius 3 is 2.81 bits per heavy atom. The first-order chi connectivity index (χ1) is 9.91. The predicted octanol–water partition coefficient (Wildman–Crippen LogP) is 3.83. The van der Waals surface area contributed by atoms with Gasteiger partial charge in [0.1, 0.15) is 18.2 Å². The van der Waals surface area contributed by atoms with Gasteiger partial charge in [0.25, 0.3) is 0 Å². The number of ether oxygens (including phenoxy) is 2. The predicted molar refractivity (Wildman–Crippen MR) is 82.2 cm³/mol. The molecule has 1 N–H and O–H groups in total. The van der Waals surface area contributed by atoms with Crippen LogP contribution in [0.15, 0.2) is 18.2 Å². The molecule has 1 aromatic rings. The van der Waals surface area contributed by atoms with Gasteiger partial charge in [0.05, 0.1) is 11.7 Å². The smallest absolute Gasteiger partial charge is 0.131 e. The van der Waals surface area contributed by atoms with Crippen LogP contribution in [0.4, 0.5) is 4.39 Å². The number of nitrogens with one attached hydrogen (secondary N) is 1. The highest BCUT2D eigenvalue weighted by molar-refractivity contribution is 5.30. The van der Waals surface area contributed by atoms with E-state index in [4.69, 9.17) is 9.47 Å². The normalized spacial score (nSPS) is 22.2. The molecule has 2 rings (SSSR count). The summed E-state index contributed by atoms with van der Waals surface area (Å²) in [6, 6.07) is 5.08. The zero-order valence-corrected chi connectivity index (χ0v) is 13.4. The molecule has 2 atom stereocenters. The number of benzene rings is 1. The molecule has 1 aliphatic rings. The zero-order valence-electron chi connectivity index (χ0n) is 13.4.